The predicted octanol–water partition coefficient (Wildman–Crippen LogP) is 3.62. The smallest absolute Gasteiger partial charge is 0.223 e. The summed E-state index contributed by atoms with van der Waals surface area (Å²) in [6, 6.07) is 9.51. The molecule has 1 aromatic carbocycles. The van der Waals surface area contributed by atoms with Crippen LogP contribution < -0.4 is 5.43 Å². The van der Waals surface area contributed by atoms with Gasteiger partial charge in [-0.3, -0.25) is 9.59 Å². The summed E-state index contributed by atoms with van der Waals surface area (Å²) < 4.78 is 2.98. The van der Waals surface area contributed by atoms with Gasteiger partial charge < -0.3 is 14.6 Å². The summed E-state index contributed by atoms with van der Waals surface area (Å²) in [5.41, 5.74) is 1.16. The summed E-state index contributed by atoms with van der Waals surface area (Å²) in [5.74, 6) is -0.0751. The number of hydrogen-bond acceptors (Lipinski definition) is 5. The Morgan fingerprint density at radius 3 is 2.96 bits per heavy atom. The molecule has 146 valence electrons. The molecular formula is C21H23N3O3S. The fraction of sp³-hybridized carbons (Fsp3) is 0.381. The Labute approximate surface area is 167 Å². The third-order valence-corrected chi connectivity index (χ3v) is 6.51. The molecule has 0 bridgehead atoms. The maximum atomic E-state index is 12.8. The van der Waals surface area contributed by atoms with Crippen LogP contribution in [-0.4, -0.2) is 32.0 Å². The molecule has 1 unspecified atom stereocenters. The molecule has 1 aliphatic rings. The monoisotopic (exact) mass is 397 g/mol. The second-order valence-electron chi connectivity index (χ2n) is 7.18. The third-order valence-electron chi connectivity index (χ3n) is 5.37. The summed E-state index contributed by atoms with van der Waals surface area (Å²) in [4.78, 5) is 31.0. The number of para-hydroxylation sites is 1. The zero-order chi connectivity index (χ0) is 19.7. The van der Waals surface area contributed by atoms with Gasteiger partial charge in [-0.2, -0.15) is 0 Å². The average Bonchev–Trinajstić information content (AvgIpc) is 3.34. The normalized spacial score (nSPS) is 16.8. The van der Waals surface area contributed by atoms with Crippen LogP contribution in [0, 0.1) is 6.92 Å². The Balaban J connectivity index is 1.41. The van der Waals surface area contributed by atoms with E-state index >= 15 is 0 Å². The Morgan fingerprint density at radius 2 is 2.14 bits per heavy atom. The van der Waals surface area contributed by atoms with Gasteiger partial charge in [0.2, 0.25) is 11.3 Å². The molecule has 1 fully saturated rings. The summed E-state index contributed by atoms with van der Waals surface area (Å²) in [5, 5.41) is 10.8. The number of aromatic nitrogens is 2. The number of nitrogens with zero attached hydrogens (tertiary/aromatic N) is 3. The van der Waals surface area contributed by atoms with Gasteiger partial charge >= 0.3 is 0 Å². The SMILES string of the molecule is Cc1c(O)c(=O)ccn1CCCC(=O)N1CCCC1c1nc2ccccc2s1. The minimum Gasteiger partial charge on any atom is -0.503 e. The lowest BCUT2D eigenvalue weighted by molar-refractivity contribution is -0.132. The molecule has 0 radical (unpaired) electrons. The number of rotatable bonds is 5. The maximum absolute atomic E-state index is 12.8. The van der Waals surface area contributed by atoms with E-state index in [0.717, 1.165) is 34.6 Å². The number of likely N-dealkylation sites (tertiary alicyclic amines) is 1. The van der Waals surface area contributed by atoms with Crippen LogP contribution in [-0.2, 0) is 11.3 Å². The minimum absolute atomic E-state index is 0.0723. The molecule has 1 N–H and O–H groups in total. The largest absolute Gasteiger partial charge is 0.503 e. The molecule has 3 heterocycles. The topological polar surface area (TPSA) is 75.4 Å². The molecule has 28 heavy (non-hydrogen) atoms. The average molecular weight is 398 g/mol. The Hall–Kier alpha value is -2.67. The first kappa shape index (κ1) is 18.7. The van der Waals surface area contributed by atoms with Crippen molar-refractivity contribution in [3.05, 3.63) is 57.5 Å². The Bertz CT molecular complexity index is 1040. The van der Waals surface area contributed by atoms with E-state index in [1.807, 2.05) is 27.7 Å². The van der Waals surface area contributed by atoms with Crippen LogP contribution in [0.25, 0.3) is 10.2 Å². The molecule has 0 spiro atoms. The number of carbonyl (C=O) groups is 1. The number of carbonyl (C=O) groups excluding carboxylic acids is 1. The molecule has 7 heteroatoms. The van der Waals surface area contributed by atoms with E-state index in [0.29, 0.717) is 25.1 Å². The molecule has 2 aromatic heterocycles. The number of amides is 1. The first-order valence-corrected chi connectivity index (χ1v) is 10.4. The van der Waals surface area contributed by atoms with E-state index in [1.165, 1.54) is 6.07 Å². The predicted molar refractivity (Wildman–Crippen MR) is 110 cm³/mol. The van der Waals surface area contributed by atoms with Gasteiger partial charge in [-0.15, -0.1) is 11.3 Å². The number of aryl methyl sites for hydroxylation is 1. The molecule has 0 aliphatic carbocycles. The number of benzene rings is 1. The first-order chi connectivity index (χ1) is 13.5. The number of aromatic hydroxyl groups is 1. The molecule has 6 nitrogen and oxygen atoms in total. The van der Waals surface area contributed by atoms with Crippen LogP contribution in [0.5, 0.6) is 5.75 Å². The lowest BCUT2D eigenvalue weighted by atomic mass is 10.2. The van der Waals surface area contributed by atoms with E-state index in [4.69, 9.17) is 4.98 Å². The van der Waals surface area contributed by atoms with Crippen molar-refractivity contribution in [1.29, 1.82) is 0 Å². The van der Waals surface area contributed by atoms with Crippen LogP contribution in [0.4, 0.5) is 0 Å². The summed E-state index contributed by atoms with van der Waals surface area (Å²) in [6.07, 6.45) is 4.72. The van der Waals surface area contributed by atoms with Crippen molar-refractivity contribution in [3.8, 4) is 5.75 Å². The van der Waals surface area contributed by atoms with Crippen molar-refractivity contribution in [2.24, 2.45) is 0 Å². The van der Waals surface area contributed by atoms with Gasteiger partial charge in [0.1, 0.15) is 5.01 Å². The van der Waals surface area contributed by atoms with Gasteiger partial charge in [-0.25, -0.2) is 4.98 Å². The highest BCUT2D eigenvalue weighted by Crippen LogP contribution is 2.36. The van der Waals surface area contributed by atoms with E-state index in [1.54, 1.807) is 24.5 Å². The molecule has 0 saturated carbocycles. The fourth-order valence-corrected chi connectivity index (χ4v) is 4.92. The maximum Gasteiger partial charge on any atom is 0.223 e. The van der Waals surface area contributed by atoms with Crippen LogP contribution in [0.2, 0.25) is 0 Å². The number of fused-ring (bicyclic) bond motifs is 1. The molecule has 1 saturated heterocycles. The highest BCUT2D eigenvalue weighted by Gasteiger charge is 2.31. The first-order valence-electron chi connectivity index (χ1n) is 9.58. The Kier molecular flexibility index (Phi) is 5.17. The van der Waals surface area contributed by atoms with Gasteiger partial charge in [0.25, 0.3) is 0 Å². The second kappa shape index (κ2) is 7.75. The number of thiazole rings is 1. The van der Waals surface area contributed by atoms with Gasteiger partial charge in [0.05, 0.1) is 22.0 Å². The van der Waals surface area contributed by atoms with Gasteiger partial charge in [0.15, 0.2) is 5.75 Å². The molecule has 4 rings (SSSR count). The third kappa shape index (κ3) is 3.54. The van der Waals surface area contributed by atoms with Crippen LogP contribution in [0.1, 0.15) is 42.4 Å². The lowest BCUT2D eigenvalue weighted by Crippen LogP contribution is -2.30. The highest BCUT2D eigenvalue weighted by molar-refractivity contribution is 7.18. The minimum atomic E-state index is -0.374. The number of hydrogen-bond donors (Lipinski definition) is 1. The van der Waals surface area contributed by atoms with Gasteiger partial charge in [0, 0.05) is 31.8 Å². The molecule has 1 atom stereocenters. The molecule has 1 aliphatic heterocycles. The van der Waals surface area contributed by atoms with Crippen molar-refractivity contribution in [2.45, 2.75) is 45.2 Å². The summed E-state index contributed by atoms with van der Waals surface area (Å²) in [7, 11) is 0. The van der Waals surface area contributed by atoms with Crippen LogP contribution in [0.3, 0.4) is 0 Å². The fourth-order valence-electron chi connectivity index (χ4n) is 3.80. The lowest BCUT2D eigenvalue weighted by Gasteiger charge is -2.23. The highest BCUT2D eigenvalue weighted by atomic mass is 32.1. The molecule has 1 amide bonds. The van der Waals surface area contributed by atoms with E-state index < -0.39 is 0 Å². The van der Waals surface area contributed by atoms with Crippen molar-refractivity contribution < 1.29 is 9.90 Å². The van der Waals surface area contributed by atoms with Gasteiger partial charge in [-0.1, -0.05) is 12.1 Å². The standard InChI is InChI=1S/C21H23N3O3S/c1-14-20(27)17(25)10-13-23(14)11-5-9-19(26)24-12-4-7-16(24)21-22-15-6-2-3-8-18(15)28-21/h2-3,6,8,10,13,16,27H,4-5,7,9,11-12H2,1H3. The van der Waals surface area contributed by atoms with Crippen LogP contribution >= 0.6 is 11.3 Å². The van der Waals surface area contributed by atoms with Crippen molar-refractivity contribution >= 4 is 27.5 Å². The molecular weight excluding hydrogens is 374 g/mol. The van der Waals surface area contributed by atoms with Crippen molar-refractivity contribution in [3.63, 3.8) is 0 Å². The van der Waals surface area contributed by atoms with E-state index in [2.05, 4.69) is 6.07 Å². The van der Waals surface area contributed by atoms with E-state index in [-0.39, 0.29) is 23.1 Å². The van der Waals surface area contributed by atoms with Crippen LogP contribution in [0.15, 0.2) is 41.3 Å². The van der Waals surface area contributed by atoms with Crippen molar-refractivity contribution in [2.75, 3.05) is 6.54 Å². The summed E-state index contributed by atoms with van der Waals surface area (Å²) >= 11 is 1.67. The van der Waals surface area contributed by atoms with Gasteiger partial charge in [-0.05, 0) is 38.3 Å². The zero-order valence-corrected chi connectivity index (χ0v) is 16.6. The quantitative estimate of drug-likeness (QED) is 0.714. The second-order valence-corrected chi connectivity index (χ2v) is 8.24. The Morgan fingerprint density at radius 1 is 1.32 bits per heavy atom. The van der Waals surface area contributed by atoms with E-state index in [9.17, 15) is 14.7 Å². The number of pyridine rings is 1. The summed E-state index contributed by atoms with van der Waals surface area (Å²) in [6.45, 7) is 3.07. The zero-order valence-electron chi connectivity index (χ0n) is 15.8. The molecule has 3 aromatic rings. The van der Waals surface area contributed by atoms with Crippen molar-refractivity contribution in [1.82, 2.24) is 14.5 Å².